The Bertz CT molecular complexity index is 1850. The van der Waals surface area contributed by atoms with Crippen molar-refractivity contribution in [2.75, 3.05) is 42.5 Å². The van der Waals surface area contributed by atoms with Crippen molar-refractivity contribution in [2.24, 2.45) is 28.3 Å². The third-order valence-electron chi connectivity index (χ3n) is 7.90. The quantitative estimate of drug-likeness (QED) is 0.0325. The van der Waals surface area contributed by atoms with Gasteiger partial charge in [-0.1, -0.05) is 18.1 Å². The summed E-state index contributed by atoms with van der Waals surface area (Å²) < 4.78 is 9.94. The number of hydrogen-bond acceptors (Lipinski definition) is 14. The zero-order valence-corrected chi connectivity index (χ0v) is 29.9. The van der Waals surface area contributed by atoms with Crippen LogP contribution in [-0.4, -0.2) is 89.0 Å². The number of hydrogen-bond donors (Lipinski definition) is 5. The number of methoxy groups -OCH3 is 1. The fourth-order valence-electron chi connectivity index (χ4n) is 4.75. The monoisotopic (exact) mass is 733 g/mol. The minimum absolute atomic E-state index is 0.0132. The van der Waals surface area contributed by atoms with Crippen LogP contribution in [0.1, 0.15) is 41.5 Å². The van der Waals surface area contributed by atoms with Crippen molar-refractivity contribution in [2.45, 2.75) is 38.4 Å². The molecule has 4 aromatic rings. The van der Waals surface area contributed by atoms with Gasteiger partial charge >= 0.3 is 17.9 Å². The number of aromatic amines is 1. The van der Waals surface area contributed by atoms with Crippen molar-refractivity contribution in [3.8, 4) is 0 Å². The topological polar surface area (TPSA) is 243 Å². The summed E-state index contributed by atoms with van der Waals surface area (Å²) in [5, 5.41) is 6.98. The van der Waals surface area contributed by atoms with Crippen LogP contribution in [0.2, 0.25) is 0 Å². The number of esters is 2. The van der Waals surface area contributed by atoms with Gasteiger partial charge in [-0.2, -0.15) is 11.8 Å². The number of nitrogens with two attached hydrogens (primary N) is 3. The Kier molecular flexibility index (Phi) is 14.5. The van der Waals surface area contributed by atoms with Gasteiger partial charge in [0.25, 0.3) is 5.91 Å². The lowest BCUT2D eigenvalue weighted by atomic mass is 10.0. The number of thioether (sulfide) groups is 1. The number of H-pyrrole nitrogens is 1. The zero-order chi connectivity index (χ0) is 37.6. The maximum Gasteiger partial charge on any atom is 0.352 e. The Balaban J connectivity index is 1.31. The number of ether oxygens (including phenoxy) is 2. The predicted octanol–water partition coefficient (Wildman–Crippen LogP) is 2.53. The number of carbonyl (C=O) groups is 4. The van der Waals surface area contributed by atoms with Gasteiger partial charge in [0.1, 0.15) is 23.7 Å². The summed E-state index contributed by atoms with van der Waals surface area (Å²) in [4.78, 5) is 68.3. The molecule has 52 heavy (non-hydrogen) atoms. The van der Waals surface area contributed by atoms with Crippen LogP contribution in [0.15, 0.2) is 72.0 Å². The van der Waals surface area contributed by atoms with Crippen LogP contribution in [0.4, 0.5) is 11.5 Å². The molecule has 17 heteroatoms. The molecule has 2 aromatic heterocycles. The number of amides is 1. The molecule has 0 fully saturated rings. The van der Waals surface area contributed by atoms with Crippen LogP contribution in [0.3, 0.4) is 0 Å². The van der Waals surface area contributed by atoms with Crippen molar-refractivity contribution >= 4 is 64.0 Å². The number of fused-ring (bicyclic) bond motifs is 1. The van der Waals surface area contributed by atoms with Crippen LogP contribution in [0.25, 0.3) is 11.0 Å². The fraction of sp³-hybridized carbons (Fsp3) is 0.343. The lowest BCUT2D eigenvalue weighted by Gasteiger charge is -2.21. The Morgan fingerprint density at radius 1 is 1.04 bits per heavy atom. The smallest absolute Gasteiger partial charge is 0.352 e. The maximum absolute atomic E-state index is 13.5. The molecule has 0 bridgehead atoms. The SMILES string of the molecule is COC(=O)CCN(C(=O)c1ccc2nc(CNc3ccc(/C(N)=N/OC(=O)C(N)C(C)COC(=O)C(N)CCSC)cc3)[nH]c2c1)c1ccccn1. The number of anilines is 2. The van der Waals surface area contributed by atoms with Gasteiger partial charge in [-0.3, -0.25) is 19.3 Å². The second-order valence-corrected chi connectivity index (χ2v) is 12.7. The van der Waals surface area contributed by atoms with E-state index in [9.17, 15) is 19.2 Å². The molecule has 2 aromatic carbocycles. The molecule has 0 aliphatic carbocycles. The molecule has 0 aliphatic heterocycles. The summed E-state index contributed by atoms with van der Waals surface area (Å²) in [6.07, 6.45) is 3.99. The molecule has 4 rings (SSSR count). The van der Waals surface area contributed by atoms with E-state index in [1.807, 2.05) is 6.26 Å². The Hall–Kier alpha value is -5.52. The van der Waals surface area contributed by atoms with Gasteiger partial charge in [-0.05, 0) is 73.0 Å². The number of benzene rings is 2. The number of nitrogens with zero attached hydrogens (tertiary/aromatic N) is 4. The van der Waals surface area contributed by atoms with Gasteiger partial charge in [0.2, 0.25) is 0 Å². The lowest BCUT2D eigenvalue weighted by molar-refractivity contribution is -0.151. The summed E-state index contributed by atoms with van der Waals surface area (Å²) in [5.41, 5.74) is 20.8. The zero-order valence-electron chi connectivity index (χ0n) is 29.1. The fourth-order valence-corrected chi connectivity index (χ4v) is 5.23. The Morgan fingerprint density at radius 3 is 2.48 bits per heavy atom. The first kappa shape index (κ1) is 39.3. The summed E-state index contributed by atoms with van der Waals surface area (Å²) >= 11 is 1.58. The van der Waals surface area contributed by atoms with Gasteiger partial charge in [-0.25, -0.2) is 14.8 Å². The van der Waals surface area contributed by atoms with E-state index in [1.54, 1.807) is 85.5 Å². The predicted molar refractivity (Wildman–Crippen MR) is 198 cm³/mol. The summed E-state index contributed by atoms with van der Waals surface area (Å²) in [5.74, 6) is -0.964. The normalized spacial score (nSPS) is 13.1. The molecule has 8 N–H and O–H groups in total. The van der Waals surface area contributed by atoms with Crippen molar-refractivity contribution in [1.82, 2.24) is 15.0 Å². The van der Waals surface area contributed by atoms with Gasteiger partial charge in [-0.15, -0.1) is 0 Å². The molecule has 3 atom stereocenters. The first-order chi connectivity index (χ1) is 25.0. The van der Waals surface area contributed by atoms with E-state index in [0.29, 0.717) is 46.8 Å². The molecule has 0 radical (unpaired) electrons. The van der Waals surface area contributed by atoms with Crippen molar-refractivity contribution < 1.29 is 33.5 Å². The van der Waals surface area contributed by atoms with Gasteiger partial charge < -0.3 is 41.8 Å². The van der Waals surface area contributed by atoms with Crippen molar-refractivity contribution in [3.05, 3.63) is 83.8 Å². The summed E-state index contributed by atoms with van der Waals surface area (Å²) in [6, 6.07) is 15.4. The van der Waals surface area contributed by atoms with Crippen molar-refractivity contribution in [1.29, 1.82) is 0 Å². The Morgan fingerprint density at radius 2 is 1.79 bits per heavy atom. The second kappa shape index (κ2) is 19.2. The lowest BCUT2D eigenvalue weighted by Crippen LogP contribution is -2.41. The average molecular weight is 734 g/mol. The highest BCUT2D eigenvalue weighted by Crippen LogP contribution is 2.20. The molecule has 0 saturated carbocycles. The van der Waals surface area contributed by atoms with Crippen molar-refractivity contribution in [3.63, 3.8) is 0 Å². The first-order valence-corrected chi connectivity index (χ1v) is 17.7. The van der Waals surface area contributed by atoms with Crippen LogP contribution in [0, 0.1) is 5.92 Å². The summed E-state index contributed by atoms with van der Waals surface area (Å²) in [6.45, 7) is 1.98. The number of carbonyl (C=O) groups excluding carboxylic acids is 4. The molecule has 0 aliphatic rings. The standard InChI is InChI=1S/C35H43N9O7S/c1-21(20-50-34(47)25(36)14-17-52-3)31(37)35(48)51-43-32(38)22-7-10-24(11-8-22)40-19-28-41-26-12-9-23(18-27(26)42-28)33(46)44(16-13-30(45)49-2)29-6-4-5-15-39-29/h4-12,15,18,21,25,31,40H,13-14,16-17,19-20,36-37H2,1-3H3,(H2,38,43)(H,41,42). The van der Waals surface area contributed by atoms with Crippen LogP contribution in [-0.2, 0) is 35.2 Å². The van der Waals surface area contributed by atoms with Crippen LogP contribution >= 0.6 is 11.8 Å². The third-order valence-corrected chi connectivity index (χ3v) is 8.54. The maximum atomic E-state index is 13.5. The van der Waals surface area contributed by atoms with E-state index in [2.05, 4.69) is 25.4 Å². The van der Waals surface area contributed by atoms with Crippen LogP contribution < -0.4 is 27.4 Å². The summed E-state index contributed by atoms with van der Waals surface area (Å²) in [7, 11) is 1.30. The number of amidine groups is 1. The molecular weight excluding hydrogens is 691 g/mol. The van der Waals surface area contributed by atoms with E-state index in [-0.39, 0.29) is 31.3 Å². The largest absolute Gasteiger partial charge is 0.469 e. The number of nitrogens with one attached hydrogen (secondary N) is 2. The van der Waals surface area contributed by atoms with E-state index in [1.165, 1.54) is 12.0 Å². The van der Waals surface area contributed by atoms with Gasteiger partial charge in [0, 0.05) is 35.5 Å². The van der Waals surface area contributed by atoms with Gasteiger partial charge in [0.05, 0.1) is 37.7 Å². The number of rotatable bonds is 18. The molecule has 3 unspecified atom stereocenters. The number of imidazole rings is 1. The highest BCUT2D eigenvalue weighted by molar-refractivity contribution is 7.98. The molecule has 2 heterocycles. The van der Waals surface area contributed by atoms with E-state index < -0.39 is 35.9 Å². The minimum Gasteiger partial charge on any atom is -0.469 e. The molecular formula is C35H43N9O7S. The Labute approximate surface area is 304 Å². The average Bonchev–Trinajstić information content (AvgIpc) is 3.59. The number of oxime groups is 1. The molecule has 16 nitrogen and oxygen atoms in total. The minimum atomic E-state index is -1.11. The third kappa shape index (κ3) is 11.0. The highest BCUT2D eigenvalue weighted by Gasteiger charge is 2.26. The van der Waals surface area contributed by atoms with E-state index in [0.717, 1.165) is 11.4 Å². The molecule has 1 amide bonds. The molecule has 276 valence electrons. The van der Waals surface area contributed by atoms with E-state index >= 15 is 0 Å². The number of pyridine rings is 1. The number of aromatic nitrogens is 3. The van der Waals surface area contributed by atoms with E-state index in [4.69, 9.17) is 31.5 Å². The molecule has 0 saturated heterocycles. The molecule has 0 spiro atoms. The first-order valence-electron chi connectivity index (χ1n) is 16.3. The second-order valence-electron chi connectivity index (χ2n) is 11.7. The highest BCUT2D eigenvalue weighted by atomic mass is 32.2. The van der Waals surface area contributed by atoms with Crippen LogP contribution in [0.5, 0.6) is 0 Å². The van der Waals surface area contributed by atoms with Gasteiger partial charge in [0.15, 0.2) is 5.84 Å².